The van der Waals surface area contributed by atoms with Crippen molar-refractivity contribution in [3.05, 3.63) is 84.8 Å². The summed E-state index contributed by atoms with van der Waals surface area (Å²) in [6, 6.07) is 14.1. The van der Waals surface area contributed by atoms with Crippen LogP contribution < -0.4 is 14.8 Å². The average molecular weight is 393 g/mol. The van der Waals surface area contributed by atoms with Gasteiger partial charge in [0.15, 0.2) is 17.2 Å². The van der Waals surface area contributed by atoms with E-state index in [4.69, 9.17) is 0 Å². The van der Waals surface area contributed by atoms with E-state index in [9.17, 15) is 24.1 Å². The maximum absolute atomic E-state index is 13.5. The van der Waals surface area contributed by atoms with Gasteiger partial charge in [0, 0.05) is 0 Å². The molecular weight excluding hydrogens is 380 g/mol. The number of aromatic nitrogens is 1. The van der Waals surface area contributed by atoms with Crippen molar-refractivity contribution in [1.82, 2.24) is 4.57 Å². The molecule has 0 aliphatic carbocycles. The molecule has 0 aliphatic heterocycles. The van der Waals surface area contributed by atoms with Gasteiger partial charge in [0.25, 0.3) is 5.56 Å². The fraction of sp³-hybridized carbons (Fsp3) is 0.0952. The van der Waals surface area contributed by atoms with Gasteiger partial charge in [-0.2, -0.15) is 10.5 Å². The highest BCUT2D eigenvalue weighted by molar-refractivity contribution is 7.07. The van der Waals surface area contributed by atoms with Crippen LogP contribution in [0.5, 0.6) is 0 Å². The smallest absolute Gasteiger partial charge is 0.267 e. The van der Waals surface area contributed by atoms with Crippen LogP contribution in [0.25, 0.3) is 17.3 Å². The summed E-state index contributed by atoms with van der Waals surface area (Å²) in [5.41, 5.74) is 1.18. The maximum atomic E-state index is 13.5. The van der Waals surface area contributed by atoms with Gasteiger partial charge in [-0.05, 0) is 47.9 Å². The van der Waals surface area contributed by atoms with Gasteiger partial charge in [0.2, 0.25) is 0 Å². The number of aryl methyl sites for hydroxylation is 1. The summed E-state index contributed by atoms with van der Waals surface area (Å²) in [4.78, 5) is 13.0. The molecule has 0 fully saturated rings. The number of thiazole rings is 1. The van der Waals surface area contributed by atoms with Crippen molar-refractivity contribution in [2.24, 2.45) is 0 Å². The van der Waals surface area contributed by atoms with Gasteiger partial charge >= 0.3 is 0 Å². The van der Waals surface area contributed by atoms with Crippen molar-refractivity contribution in [3.8, 4) is 17.8 Å². The molecule has 3 rings (SSSR count). The van der Waals surface area contributed by atoms with Crippen LogP contribution in [0, 0.1) is 34.3 Å². The van der Waals surface area contributed by atoms with Crippen LogP contribution in [0.2, 0.25) is 0 Å². The molecule has 0 amide bonds. The van der Waals surface area contributed by atoms with E-state index in [-0.39, 0.29) is 14.8 Å². The van der Waals surface area contributed by atoms with E-state index in [0.29, 0.717) is 11.3 Å². The summed E-state index contributed by atoms with van der Waals surface area (Å²) < 4.78 is 28.3. The molecule has 0 saturated carbocycles. The van der Waals surface area contributed by atoms with E-state index in [2.05, 4.69) is 0 Å². The summed E-state index contributed by atoms with van der Waals surface area (Å²) in [5, 5.41) is 18.6. The fourth-order valence-corrected chi connectivity index (χ4v) is 3.73. The topological polar surface area (TPSA) is 69.6 Å². The normalized spacial score (nSPS) is 11.1. The zero-order valence-corrected chi connectivity index (χ0v) is 15.6. The molecule has 0 N–H and O–H groups in total. The molecule has 3 aromatic rings. The van der Waals surface area contributed by atoms with Crippen molar-refractivity contribution < 1.29 is 8.78 Å². The Bertz CT molecular complexity index is 1310. The Balaban J connectivity index is 2.37. The molecule has 1 aromatic heterocycles. The van der Waals surface area contributed by atoms with Crippen molar-refractivity contribution >= 4 is 23.0 Å². The largest absolute Gasteiger partial charge is 0.273 e. The van der Waals surface area contributed by atoms with Crippen molar-refractivity contribution in [3.63, 3.8) is 0 Å². The summed E-state index contributed by atoms with van der Waals surface area (Å²) in [7, 11) is 0. The molecule has 0 bridgehead atoms. The maximum Gasteiger partial charge on any atom is 0.273 e. The van der Waals surface area contributed by atoms with Crippen molar-refractivity contribution in [2.75, 3.05) is 0 Å². The van der Waals surface area contributed by atoms with Gasteiger partial charge < -0.3 is 0 Å². The Kier molecular flexibility index (Phi) is 5.49. The number of hydrogen-bond donors (Lipinski definition) is 0. The van der Waals surface area contributed by atoms with Gasteiger partial charge in [-0.15, -0.1) is 11.3 Å². The molecule has 28 heavy (non-hydrogen) atoms. The van der Waals surface area contributed by atoms with Gasteiger partial charge in [-0.3, -0.25) is 9.36 Å². The second-order valence-corrected chi connectivity index (χ2v) is 6.88. The summed E-state index contributed by atoms with van der Waals surface area (Å²) in [6.45, 7) is 1.97. The minimum absolute atomic E-state index is 0.192. The zero-order chi connectivity index (χ0) is 20.3. The summed E-state index contributed by atoms with van der Waals surface area (Å²) in [6.07, 6.45) is 2.16. The van der Waals surface area contributed by atoms with Crippen LogP contribution in [-0.2, 0) is 6.42 Å². The molecule has 0 atom stereocenters. The van der Waals surface area contributed by atoms with E-state index in [1.165, 1.54) is 16.7 Å². The lowest BCUT2D eigenvalue weighted by molar-refractivity contribution is 0.508. The summed E-state index contributed by atoms with van der Waals surface area (Å²) in [5.74, 6) is -2.01. The predicted molar refractivity (Wildman–Crippen MR) is 103 cm³/mol. The molecule has 0 spiro atoms. The van der Waals surface area contributed by atoms with Gasteiger partial charge in [-0.25, -0.2) is 8.78 Å². The van der Waals surface area contributed by atoms with Crippen LogP contribution in [0.4, 0.5) is 8.78 Å². The van der Waals surface area contributed by atoms with E-state index in [1.807, 2.05) is 31.2 Å². The SMILES string of the molecule is CCc1cccc(-n2c(=C(C#N)C#N)s/c(=C/c3ccc(F)c(F)c3)c2=O)c1. The first kappa shape index (κ1) is 19.2. The fourth-order valence-electron chi connectivity index (χ4n) is 2.67. The number of nitrogens with zero attached hydrogens (tertiary/aromatic N) is 3. The third-order valence-electron chi connectivity index (χ3n) is 4.08. The number of benzene rings is 2. The highest BCUT2D eigenvalue weighted by Crippen LogP contribution is 2.10. The third kappa shape index (κ3) is 3.62. The molecule has 0 unspecified atom stereocenters. The first-order valence-electron chi connectivity index (χ1n) is 8.31. The quantitative estimate of drug-likeness (QED) is 0.687. The van der Waals surface area contributed by atoms with E-state index in [0.717, 1.165) is 35.5 Å². The Hall–Kier alpha value is -3.55. The molecule has 138 valence electrons. The molecule has 0 radical (unpaired) electrons. The first-order valence-corrected chi connectivity index (χ1v) is 9.12. The Morgan fingerprint density at radius 3 is 2.54 bits per heavy atom. The molecular formula is C21H13F2N3OS. The van der Waals surface area contributed by atoms with Crippen molar-refractivity contribution in [2.45, 2.75) is 13.3 Å². The van der Waals surface area contributed by atoms with Gasteiger partial charge in [0.05, 0.1) is 10.2 Å². The van der Waals surface area contributed by atoms with Crippen molar-refractivity contribution in [1.29, 1.82) is 10.5 Å². The zero-order valence-electron chi connectivity index (χ0n) is 14.7. The third-order valence-corrected chi connectivity index (χ3v) is 5.17. The predicted octanol–water partition coefficient (Wildman–Crippen LogP) is 2.77. The Morgan fingerprint density at radius 1 is 1.14 bits per heavy atom. The van der Waals surface area contributed by atoms with Crippen LogP contribution >= 0.6 is 11.3 Å². The monoisotopic (exact) mass is 393 g/mol. The highest BCUT2D eigenvalue weighted by Gasteiger charge is 2.12. The number of halogens is 2. The lowest BCUT2D eigenvalue weighted by Gasteiger charge is -2.04. The second-order valence-electron chi connectivity index (χ2n) is 5.85. The van der Waals surface area contributed by atoms with Crippen LogP contribution in [0.15, 0.2) is 47.3 Å². The molecule has 7 heteroatoms. The van der Waals surface area contributed by atoms with Gasteiger partial charge in [-0.1, -0.05) is 25.1 Å². The van der Waals surface area contributed by atoms with Crippen LogP contribution in [0.3, 0.4) is 0 Å². The standard InChI is InChI=1S/C21H13F2N3OS/c1-2-13-4-3-5-16(8-13)26-20(27)19(28-21(26)15(11-24)12-25)10-14-6-7-17(22)18(23)9-14/h3-10H,2H2,1H3/b19-10+. The highest BCUT2D eigenvalue weighted by atomic mass is 32.1. The Labute approximate surface area is 163 Å². The van der Waals surface area contributed by atoms with E-state index >= 15 is 0 Å². The second kappa shape index (κ2) is 7.99. The molecule has 0 aliphatic rings. The number of rotatable bonds is 3. The summed E-state index contributed by atoms with van der Waals surface area (Å²) >= 11 is 0.953. The minimum atomic E-state index is -1.03. The lowest BCUT2D eigenvalue weighted by atomic mass is 10.1. The van der Waals surface area contributed by atoms with E-state index in [1.54, 1.807) is 12.1 Å². The molecule has 2 aromatic carbocycles. The Morgan fingerprint density at radius 2 is 1.89 bits per heavy atom. The molecule has 4 nitrogen and oxygen atoms in total. The van der Waals surface area contributed by atoms with Gasteiger partial charge in [0.1, 0.15) is 16.8 Å². The number of hydrogen-bond acceptors (Lipinski definition) is 4. The average Bonchev–Trinajstić information content (AvgIpc) is 3.02. The molecule has 0 saturated heterocycles. The minimum Gasteiger partial charge on any atom is -0.267 e. The van der Waals surface area contributed by atoms with E-state index < -0.39 is 17.2 Å². The lowest BCUT2D eigenvalue weighted by Crippen LogP contribution is -2.30. The molecule has 1 heterocycles. The van der Waals surface area contributed by atoms with Crippen LogP contribution in [0.1, 0.15) is 18.1 Å². The number of nitriles is 2. The first-order chi connectivity index (χ1) is 13.5. The van der Waals surface area contributed by atoms with Crippen LogP contribution in [-0.4, -0.2) is 4.57 Å².